The van der Waals surface area contributed by atoms with Crippen molar-refractivity contribution >= 4 is 11.4 Å². The predicted molar refractivity (Wildman–Crippen MR) is 153 cm³/mol. The van der Waals surface area contributed by atoms with Gasteiger partial charge in [0.05, 0.1) is 28.5 Å². The van der Waals surface area contributed by atoms with Crippen LogP contribution < -0.4 is 5.73 Å². The van der Waals surface area contributed by atoms with Crippen LogP contribution in [0.15, 0.2) is 144 Å². The first-order chi connectivity index (χ1) is 18.0. The summed E-state index contributed by atoms with van der Waals surface area (Å²) in [4.78, 5) is 4.93. The fourth-order valence-electron chi connectivity index (χ4n) is 4.17. The molecule has 5 aromatic rings. The Morgan fingerprint density at radius 3 is 1.92 bits per heavy atom. The summed E-state index contributed by atoms with van der Waals surface area (Å²) in [6.07, 6.45) is 1.98. The Labute approximate surface area is 218 Å². The number of aliphatic imine (C=N–C) groups is 1. The molecule has 4 nitrogen and oxygen atoms in total. The second-order valence-electron chi connectivity index (χ2n) is 9.45. The van der Waals surface area contributed by atoms with Gasteiger partial charge in [-0.1, -0.05) is 97.1 Å². The third-order valence-electron chi connectivity index (χ3n) is 6.51. The molecule has 0 unspecified atom stereocenters. The minimum atomic E-state index is -0.546. The molecule has 182 valence electrons. The number of aromatic nitrogens is 2. The van der Waals surface area contributed by atoms with E-state index in [9.17, 15) is 0 Å². The number of rotatable bonds is 7. The Balaban J connectivity index is 1.60. The number of nitrogens with two attached hydrogens (primary N) is 1. The minimum absolute atomic E-state index is 0.546. The molecule has 0 bridgehead atoms. The van der Waals surface area contributed by atoms with Crippen molar-refractivity contribution in [1.82, 2.24) is 9.78 Å². The Hall–Kier alpha value is -4.70. The average Bonchev–Trinajstić information content (AvgIpc) is 3.41. The van der Waals surface area contributed by atoms with Gasteiger partial charge in [-0.15, -0.1) is 0 Å². The molecule has 2 N–H and O–H groups in total. The van der Waals surface area contributed by atoms with E-state index in [1.165, 1.54) is 0 Å². The zero-order chi connectivity index (χ0) is 25.7. The van der Waals surface area contributed by atoms with E-state index in [2.05, 4.69) is 56.3 Å². The number of benzene rings is 4. The van der Waals surface area contributed by atoms with E-state index in [1.54, 1.807) is 0 Å². The van der Waals surface area contributed by atoms with Crippen LogP contribution in [0, 0.1) is 0 Å². The normalized spacial score (nSPS) is 12.5. The molecule has 0 aliphatic heterocycles. The molecule has 37 heavy (non-hydrogen) atoms. The molecule has 0 saturated heterocycles. The van der Waals surface area contributed by atoms with Crippen molar-refractivity contribution in [2.45, 2.75) is 19.3 Å². The van der Waals surface area contributed by atoms with Crippen molar-refractivity contribution in [3.05, 3.63) is 150 Å². The second-order valence-corrected chi connectivity index (χ2v) is 9.45. The Kier molecular flexibility index (Phi) is 6.82. The summed E-state index contributed by atoms with van der Waals surface area (Å²) in [5.74, 6) is 0. The van der Waals surface area contributed by atoms with Gasteiger partial charge < -0.3 is 5.73 Å². The van der Waals surface area contributed by atoms with Gasteiger partial charge in [0.25, 0.3) is 0 Å². The number of allylic oxidation sites excluding steroid dienone is 2. The van der Waals surface area contributed by atoms with Crippen LogP contribution in [0.2, 0.25) is 0 Å². The molecule has 0 spiro atoms. The molecule has 0 aliphatic carbocycles. The monoisotopic (exact) mass is 482 g/mol. The third kappa shape index (κ3) is 5.29. The Morgan fingerprint density at radius 1 is 0.757 bits per heavy atom. The molecule has 0 fully saturated rings. The number of para-hydroxylation sites is 2. The maximum Gasteiger partial charge on any atom is 0.0750 e. The van der Waals surface area contributed by atoms with Crippen molar-refractivity contribution in [3.8, 4) is 16.9 Å². The molecule has 0 radical (unpaired) electrons. The zero-order valence-corrected chi connectivity index (χ0v) is 21.1. The molecule has 4 aromatic carbocycles. The van der Waals surface area contributed by atoms with Gasteiger partial charge in [-0.25, -0.2) is 9.67 Å². The van der Waals surface area contributed by atoms with Gasteiger partial charge in [0, 0.05) is 22.2 Å². The van der Waals surface area contributed by atoms with Crippen molar-refractivity contribution in [2.24, 2.45) is 10.7 Å². The second kappa shape index (κ2) is 10.5. The summed E-state index contributed by atoms with van der Waals surface area (Å²) >= 11 is 0. The highest BCUT2D eigenvalue weighted by atomic mass is 15.3. The highest BCUT2D eigenvalue weighted by Crippen LogP contribution is 2.33. The van der Waals surface area contributed by atoms with Gasteiger partial charge in [-0.05, 0) is 50.3 Å². The summed E-state index contributed by atoms with van der Waals surface area (Å²) in [6, 6.07) is 42.7. The third-order valence-corrected chi connectivity index (χ3v) is 6.51. The van der Waals surface area contributed by atoms with Gasteiger partial charge in [-0.2, -0.15) is 5.10 Å². The summed E-state index contributed by atoms with van der Waals surface area (Å²) < 4.78 is 2.00. The van der Waals surface area contributed by atoms with E-state index < -0.39 is 5.41 Å². The van der Waals surface area contributed by atoms with Gasteiger partial charge >= 0.3 is 0 Å². The van der Waals surface area contributed by atoms with Crippen molar-refractivity contribution in [3.63, 3.8) is 0 Å². The van der Waals surface area contributed by atoms with E-state index in [1.807, 2.05) is 95.7 Å². The van der Waals surface area contributed by atoms with Gasteiger partial charge in [0.1, 0.15) is 0 Å². The SMILES string of the molecule is CC(C)(/C(N)=C/C(=Nc1ccccc1)c1ccccc1)c1cc(-c2ccccc2)n(-c2ccccc2)n1. The van der Waals surface area contributed by atoms with Crippen LogP contribution in [0.3, 0.4) is 0 Å². The summed E-state index contributed by atoms with van der Waals surface area (Å²) in [5, 5.41) is 5.07. The van der Waals surface area contributed by atoms with Crippen LogP contribution in [-0.2, 0) is 5.41 Å². The van der Waals surface area contributed by atoms with Crippen LogP contribution >= 0.6 is 0 Å². The number of hydrogen-bond acceptors (Lipinski definition) is 3. The first kappa shape index (κ1) is 24.0. The molecule has 1 heterocycles. The van der Waals surface area contributed by atoms with Crippen LogP contribution in [-0.4, -0.2) is 15.5 Å². The summed E-state index contributed by atoms with van der Waals surface area (Å²) in [6.45, 7) is 4.22. The summed E-state index contributed by atoms with van der Waals surface area (Å²) in [5.41, 5.74) is 13.7. The fourth-order valence-corrected chi connectivity index (χ4v) is 4.17. The molecule has 0 amide bonds. The quantitative estimate of drug-likeness (QED) is 0.244. The lowest BCUT2D eigenvalue weighted by molar-refractivity contribution is 0.584. The Bertz CT molecular complexity index is 1460. The molecule has 0 saturated carbocycles. The van der Waals surface area contributed by atoms with E-state index in [4.69, 9.17) is 15.8 Å². The van der Waals surface area contributed by atoms with Crippen LogP contribution in [0.4, 0.5) is 5.69 Å². The maximum absolute atomic E-state index is 6.84. The number of hydrogen-bond donors (Lipinski definition) is 1. The average molecular weight is 483 g/mol. The first-order valence-electron chi connectivity index (χ1n) is 12.4. The van der Waals surface area contributed by atoms with E-state index in [0.717, 1.165) is 39.6 Å². The van der Waals surface area contributed by atoms with E-state index >= 15 is 0 Å². The molecule has 0 aliphatic rings. The van der Waals surface area contributed by atoms with Gasteiger partial charge in [-0.3, -0.25) is 0 Å². The lowest BCUT2D eigenvalue weighted by atomic mass is 9.84. The highest BCUT2D eigenvalue weighted by molar-refractivity contribution is 6.10. The fraction of sp³-hybridized carbons (Fsp3) is 0.0909. The standard InChI is InChI=1S/C33H30N4/c1-33(2,31(34)23-29(25-15-7-3-8-16-25)35-27-19-11-5-12-20-27)32-24-30(26-17-9-4-10-18-26)37(36-32)28-21-13-6-14-22-28/h3-24H,34H2,1-2H3/b31-23-,35-29?. The van der Waals surface area contributed by atoms with Crippen molar-refractivity contribution < 1.29 is 0 Å². The van der Waals surface area contributed by atoms with E-state index in [-0.39, 0.29) is 0 Å². The first-order valence-corrected chi connectivity index (χ1v) is 12.4. The summed E-state index contributed by atoms with van der Waals surface area (Å²) in [7, 11) is 0. The largest absolute Gasteiger partial charge is 0.401 e. The molecule has 4 heteroatoms. The topological polar surface area (TPSA) is 56.2 Å². The van der Waals surface area contributed by atoms with Gasteiger partial charge in [0.15, 0.2) is 0 Å². The Morgan fingerprint density at radius 2 is 1.30 bits per heavy atom. The van der Waals surface area contributed by atoms with Crippen LogP contribution in [0.5, 0.6) is 0 Å². The number of nitrogens with zero attached hydrogens (tertiary/aromatic N) is 3. The molecule has 5 rings (SSSR count). The molecular formula is C33H30N4. The smallest absolute Gasteiger partial charge is 0.0750 e. The molecular weight excluding hydrogens is 452 g/mol. The molecule has 1 aromatic heterocycles. The van der Waals surface area contributed by atoms with Crippen molar-refractivity contribution in [2.75, 3.05) is 0 Å². The molecule has 0 atom stereocenters. The lowest BCUT2D eigenvalue weighted by Crippen LogP contribution is -2.27. The van der Waals surface area contributed by atoms with Crippen molar-refractivity contribution in [1.29, 1.82) is 0 Å². The van der Waals surface area contributed by atoms with Crippen LogP contribution in [0.25, 0.3) is 16.9 Å². The minimum Gasteiger partial charge on any atom is -0.401 e. The lowest BCUT2D eigenvalue weighted by Gasteiger charge is -2.23. The van der Waals surface area contributed by atoms with E-state index in [0.29, 0.717) is 5.70 Å². The highest BCUT2D eigenvalue weighted by Gasteiger charge is 2.29. The van der Waals surface area contributed by atoms with Crippen LogP contribution in [0.1, 0.15) is 25.1 Å². The maximum atomic E-state index is 6.84. The zero-order valence-electron chi connectivity index (χ0n) is 21.1. The predicted octanol–water partition coefficient (Wildman–Crippen LogP) is 7.48. The van der Waals surface area contributed by atoms with Gasteiger partial charge in [0.2, 0.25) is 0 Å².